The van der Waals surface area contributed by atoms with Crippen LogP contribution in [0.4, 0.5) is 11.8 Å². The fourth-order valence-electron chi connectivity index (χ4n) is 2.56. The molecule has 2 rings (SSSR count). The molecule has 1 aromatic rings. The van der Waals surface area contributed by atoms with Crippen molar-refractivity contribution in [1.29, 1.82) is 0 Å². The molecule has 5 heteroatoms. The molecule has 1 aromatic heterocycles. The summed E-state index contributed by atoms with van der Waals surface area (Å²) in [6.07, 6.45) is 8.88. The number of aromatic nitrogens is 2. The van der Waals surface area contributed by atoms with E-state index in [-0.39, 0.29) is 0 Å². The normalized spacial score (nSPS) is 22.5. The molecule has 1 fully saturated rings. The van der Waals surface area contributed by atoms with Gasteiger partial charge in [0.25, 0.3) is 0 Å². The summed E-state index contributed by atoms with van der Waals surface area (Å²) < 4.78 is 0. The monoisotopic (exact) mass is 277 g/mol. The third-order valence-electron chi connectivity index (χ3n) is 3.93. The Labute approximate surface area is 121 Å². The summed E-state index contributed by atoms with van der Waals surface area (Å²) in [5, 5.41) is 6.68. The maximum atomic E-state index is 5.93. The van der Waals surface area contributed by atoms with Gasteiger partial charge in [0.1, 0.15) is 5.82 Å². The molecule has 0 spiro atoms. The minimum atomic E-state index is 0.416. The maximum absolute atomic E-state index is 5.93. The third-order valence-corrected chi connectivity index (χ3v) is 3.93. The average molecular weight is 277 g/mol. The predicted molar refractivity (Wildman–Crippen MR) is 83.9 cm³/mol. The van der Waals surface area contributed by atoms with Gasteiger partial charge in [-0.3, -0.25) is 0 Å². The van der Waals surface area contributed by atoms with Crippen LogP contribution < -0.4 is 16.4 Å². The molecule has 0 unspecified atom stereocenters. The minimum absolute atomic E-state index is 0.416. The highest BCUT2D eigenvalue weighted by molar-refractivity contribution is 5.39. The summed E-state index contributed by atoms with van der Waals surface area (Å²) in [7, 11) is 0. The van der Waals surface area contributed by atoms with Crippen molar-refractivity contribution in [2.45, 2.75) is 51.5 Å². The Morgan fingerprint density at radius 3 is 2.80 bits per heavy atom. The Hall–Kier alpha value is -1.36. The van der Waals surface area contributed by atoms with E-state index in [1.165, 1.54) is 19.3 Å². The van der Waals surface area contributed by atoms with E-state index in [2.05, 4.69) is 27.5 Å². The second-order valence-corrected chi connectivity index (χ2v) is 5.71. The van der Waals surface area contributed by atoms with Crippen LogP contribution in [-0.4, -0.2) is 29.1 Å². The van der Waals surface area contributed by atoms with Crippen LogP contribution in [0.1, 0.15) is 45.4 Å². The molecule has 0 amide bonds. The lowest BCUT2D eigenvalue weighted by Crippen LogP contribution is -2.29. The van der Waals surface area contributed by atoms with Gasteiger partial charge in [0.2, 0.25) is 5.95 Å². The van der Waals surface area contributed by atoms with E-state index >= 15 is 0 Å². The second kappa shape index (κ2) is 8.04. The summed E-state index contributed by atoms with van der Waals surface area (Å²) in [6, 6.07) is 2.35. The Bertz CT molecular complexity index is 388. The number of unbranched alkanes of at least 4 members (excludes halogenated alkanes) is 1. The highest BCUT2D eigenvalue weighted by Gasteiger charge is 2.18. The van der Waals surface area contributed by atoms with Crippen molar-refractivity contribution in [1.82, 2.24) is 9.97 Å². The molecule has 0 aromatic carbocycles. The van der Waals surface area contributed by atoms with Gasteiger partial charge in [-0.1, -0.05) is 13.3 Å². The highest BCUT2D eigenvalue weighted by atomic mass is 15.1. The number of nitrogens with two attached hydrogens (primary N) is 1. The van der Waals surface area contributed by atoms with Crippen LogP contribution in [0.15, 0.2) is 12.3 Å². The minimum Gasteiger partial charge on any atom is -0.370 e. The van der Waals surface area contributed by atoms with Gasteiger partial charge in [0.05, 0.1) is 0 Å². The van der Waals surface area contributed by atoms with Crippen molar-refractivity contribution in [3.8, 4) is 0 Å². The number of nitrogens with zero attached hydrogens (tertiary/aromatic N) is 2. The first kappa shape index (κ1) is 15.0. The molecule has 1 aliphatic carbocycles. The molecule has 1 aliphatic rings. The zero-order valence-electron chi connectivity index (χ0n) is 12.4. The van der Waals surface area contributed by atoms with E-state index < -0.39 is 0 Å². The number of hydrogen-bond acceptors (Lipinski definition) is 5. The lowest BCUT2D eigenvalue weighted by atomic mass is 9.86. The van der Waals surface area contributed by atoms with Crippen molar-refractivity contribution < 1.29 is 0 Å². The van der Waals surface area contributed by atoms with Gasteiger partial charge in [0.15, 0.2) is 0 Å². The van der Waals surface area contributed by atoms with Crippen LogP contribution in [0.25, 0.3) is 0 Å². The van der Waals surface area contributed by atoms with Gasteiger partial charge in [-0.15, -0.1) is 0 Å². The molecule has 112 valence electrons. The Balaban J connectivity index is 1.76. The molecular formula is C15H27N5. The zero-order chi connectivity index (χ0) is 14.2. The molecule has 5 nitrogen and oxygen atoms in total. The summed E-state index contributed by atoms with van der Waals surface area (Å²) >= 11 is 0. The number of anilines is 2. The zero-order valence-corrected chi connectivity index (χ0v) is 12.4. The first-order valence-corrected chi connectivity index (χ1v) is 7.84. The van der Waals surface area contributed by atoms with E-state index in [0.717, 1.165) is 44.1 Å². The van der Waals surface area contributed by atoms with Crippen molar-refractivity contribution in [2.24, 2.45) is 11.7 Å². The van der Waals surface area contributed by atoms with Gasteiger partial charge in [-0.05, 0) is 44.1 Å². The van der Waals surface area contributed by atoms with E-state index in [0.29, 0.717) is 12.0 Å². The standard InChI is InChI=1S/C15H27N5/c1-2-3-9-17-15-18-10-8-14(20-15)19-11-12-4-6-13(16)7-5-12/h8,10,12-13H,2-7,9,11,16H2,1H3,(H2,17,18,19,20). The molecule has 0 atom stereocenters. The van der Waals surface area contributed by atoms with Gasteiger partial charge in [0, 0.05) is 25.3 Å². The van der Waals surface area contributed by atoms with E-state index in [1.807, 2.05) is 6.07 Å². The number of rotatable bonds is 7. The van der Waals surface area contributed by atoms with Crippen LogP contribution in [0.2, 0.25) is 0 Å². The Kier molecular flexibility index (Phi) is 6.05. The molecule has 1 saturated carbocycles. The Morgan fingerprint density at radius 1 is 1.25 bits per heavy atom. The lowest BCUT2D eigenvalue weighted by molar-refractivity contribution is 0.338. The molecule has 0 radical (unpaired) electrons. The van der Waals surface area contributed by atoms with Gasteiger partial charge in [-0.2, -0.15) is 4.98 Å². The van der Waals surface area contributed by atoms with E-state index in [4.69, 9.17) is 5.73 Å². The topological polar surface area (TPSA) is 75.9 Å². The van der Waals surface area contributed by atoms with E-state index in [1.54, 1.807) is 6.20 Å². The largest absolute Gasteiger partial charge is 0.370 e. The fraction of sp³-hybridized carbons (Fsp3) is 0.733. The van der Waals surface area contributed by atoms with Gasteiger partial charge in [-0.25, -0.2) is 4.98 Å². The molecule has 0 saturated heterocycles. The highest BCUT2D eigenvalue weighted by Crippen LogP contribution is 2.23. The van der Waals surface area contributed by atoms with Gasteiger partial charge >= 0.3 is 0 Å². The fourth-order valence-corrected chi connectivity index (χ4v) is 2.56. The summed E-state index contributed by atoms with van der Waals surface area (Å²) in [4.78, 5) is 8.72. The molecule has 0 aliphatic heterocycles. The van der Waals surface area contributed by atoms with Crippen LogP contribution in [0.3, 0.4) is 0 Å². The lowest BCUT2D eigenvalue weighted by Gasteiger charge is -2.26. The predicted octanol–water partition coefficient (Wildman–Crippen LogP) is 2.62. The first-order chi connectivity index (χ1) is 9.78. The van der Waals surface area contributed by atoms with Crippen LogP contribution in [0, 0.1) is 5.92 Å². The maximum Gasteiger partial charge on any atom is 0.224 e. The molecule has 4 N–H and O–H groups in total. The molecule has 0 bridgehead atoms. The quantitative estimate of drug-likeness (QED) is 0.668. The third kappa shape index (κ3) is 4.96. The summed E-state index contributed by atoms with van der Waals surface area (Å²) in [6.45, 7) is 4.09. The van der Waals surface area contributed by atoms with Gasteiger partial charge < -0.3 is 16.4 Å². The van der Waals surface area contributed by atoms with Crippen molar-refractivity contribution in [3.63, 3.8) is 0 Å². The smallest absolute Gasteiger partial charge is 0.224 e. The molecular weight excluding hydrogens is 250 g/mol. The summed E-state index contributed by atoms with van der Waals surface area (Å²) in [5.41, 5.74) is 5.93. The SMILES string of the molecule is CCCCNc1nccc(NCC2CCC(N)CC2)n1. The molecule has 20 heavy (non-hydrogen) atoms. The van der Waals surface area contributed by atoms with Crippen LogP contribution >= 0.6 is 0 Å². The van der Waals surface area contributed by atoms with Crippen molar-refractivity contribution >= 4 is 11.8 Å². The molecule has 1 heterocycles. The van der Waals surface area contributed by atoms with E-state index in [9.17, 15) is 0 Å². The summed E-state index contributed by atoms with van der Waals surface area (Å²) in [5.74, 6) is 2.35. The van der Waals surface area contributed by atoms with Crippen molar-refractivity contribution in [3.05, 3.63) is 12.3 Å². The average Bonchev–Trinajstić information content (AvgIpc) is 2.47. The number of hydrogen-bond donors (Lipinski definition) is 3. The van der Waals surface area contributed by atoms with Crippen LogP contribution in [0.5, 0.6) is 0 Å². The first-order valence-electron chi connectivity index (χ1n) is 7.84. The second-order valence-electron chi connectivity index (χ2n) is 5.71. The van der Waals surface area contributed by atoms with Crippen LogP contribution in [-0.2, 0) is 0 Å². The number of nitrogens with one attached hydrogen (secondary N) is 2. The van der Waals surface area contributed by atoms with Crippen molar-refractivity contribution in [2.75, 3.05) is 23.7 Å². The Morgan fingerprint density at radius 2 is 2.05 bits per heavy atom.